The summed E-state index contributed by atoms with van der Waals surface area (Å²) in [4.78, 5) is 27.9. The van der Waals surface area contributed by atoms with Crippen molar-refractivity contribution in [1.82, 2.24) is 4.98 Å². The van der Waals surface area contributed by atoms with E-state index in [0.29, 0.717) is 28.3 Å². The Kier molecular flexibility index (Phi) is 5.41. The van der Waals surface area contributed by atoms with E-state index in [9.17, 15) is 14.0 Å². The Morgan fingerprint density at radius 2 is 1.52 bits per heavy atom. The second-order valence-corrected chi connectivity index (χ2v) is 5.59. The van der Waals surface area contributed by atoms with Gasteiger partial charge in [-0.1, -0.05) is 0 Å². The summed E-state index contributed by atoms with van der Waals surface area (Å²) in [6, 6.07) is 15.5. The summed E-state index contributed by atoms with van der Waals surface area (Å²) in [7, 11) is 1.31. The zero-order valence-electron chi connectivity index (χ0n) is 14.4. The van der Waals surface area contributed by atoms with Crippen molar-refractivity contribution in [3.8, 4) is 0 Å². The smallest absolute Gasteiger partial charge is 0.337 e. The molecule has 136 valence electrons. The van der Waals surface area contributed by atoms with E-state index in [2.05, 4.69) is 20.4 Å². The molecular weight excluding hydrogens is 349 g/mol. The van der Waals surface area contributed by atoms with Gasteiger partial charge in [-0.2, -0.15) is 0 Å². The molecule has 0 aliphatic carbocycles. The minimum atomic E-state index is -0.443. The Bertz CT molecular complexity index is 940. The van der Waals surface area contributed by atoms with Gasteiger partial charge < -0.3 is 15.4 Å². The highest BCUT2D eigenvalue weighted by Gasteiger charge is 2.09. The summed E-state index contributed by atoms with van der Waals surface area (Å²) in [5, 5.41) is 5.74. The molecule has 0 aliphatic rings. The van der Waals surface area contributed by atoms with Crippen LogP contribution in [0.1, 0.15) is 20.7 Å². The number of aromatic nitrogens is 1. The Hall–Kier alpha value is -3.74. The van der Waals surface area contributed by atoms with Crippen molar-refractivity contribution >= 4 is 29.1 Å². The zero-order valence-corrected chi connectivity index (χ0v) is 14.4. The Balaban J connectivity index is 1.63. The first-order chi connectivity index (χ1) is 13.0. The van der Waals surface area contributed by atoms with Crippen LogP contribution in [0, 0.1) is 5.82 Å². The van der Waals surface area contributed by atoms with Gasteiger partial charge in [-0.05, 0) is 60.7 Å². The number of carbonyl (C=O) groups is 2. The van der Waals surface area contributed by atoms with Gasteiger partial charge in [-0.15, -0.1) is 0 Å². The van der Waals surface area contributed by atoms with Gasteiger partial charge in [0.2, 0.25) is 0 Å². The molecule has 6 nitrogen and oxygen atoms in total. The van der Waals surface area contributed by atoms with E-state index in [0.717, 1.165) is 0 Å². The predicted molar refractivity (Wildman–Crippen MR) is 99.7 cm³/mol. The van der Waals surface area contributed by atoms with E-state index in [1.807, 2.05) is 0 Å². The number of pyridine rings is 1. The van der Waals surface area contributed by atoms with E-state index < -0.39 is 5.97 Å². The SMILES string of the molecule is COC(=O)c1ccc(NC(=O)c2ccc(Nc3ccc(F)cc3)nc2)cc1. The van der Waals surface area contributed by atoms with Crippen LogP contribution in [-0.4, -0.2) is 24.0 Å². The Morgan fingerprint density at radius 1 is 0.889 bits per heavy atom. The summed E-state index contributed by atoms with van der Waals surface area (Å²) in [5.41, 5.74) is 2.00. The first kappa shape index (κ1) is 18.1. The van der Waals surface area contributed by atoms with Crippen molar-refractivity contribution in [3.05, 3.63) is 83.8 Å². The number of hydrogen-bond donors (Lipinski definition) is 2. The zero-order chi connectivity index (χ0) is 19.2. The van der Waals surface area contributed by atoms with Gasteiger partial charge in [0.15, 0.2) is 0 Å². The predicted octanol–water partition coefficient (Wildman–Crippen LogP) is 4.00. The van der Waals surface area contributed by atoms with Crippen molar-refractivity contribution < 1.29 is 18.7 Å². The number of halogens is 1. The normalized spacial score (nSPS) is 10.1. The molecule has 0 fully saturated rings. The molecule has 0 aliphatic heterocycles. The molecule has 2 aromatic carbocycles. The first-order valence-electron chi connectivity index (χ1n) is 8.03. The van der Waals surface area contributed by atoms with E-state index >= 15 is 0 Å². The second kappa shape index (κ2) is 8.09. The lowest BCUT2D eigenvalue weighted by molar-refractivity contribution is 0.0600. The van der Waals surface area contributed by atoms with Crippen molar-refractivity contribution in [1.29, 1.82) is 0 Å². The van der Waals surface area contributed by atoms with E-state index in [1.54, 1.807) is 48.5 Å². The number of rotatable bonds is 5. The third-order valence-electron chi connectivity index (χ3n) is 3.71. The molecule has 2 N–H and O–H groups in total. The molecule has 3 rings (SSSR count). The second-order valence-electron chi connectivity index (χ2n) is 5.59. The summed E-state index contributed by atoms with van der Waals surface area (Å²) in [5.74, 6) is -0.566. The van der Waals surface area contributed by atoms with Crippen LogP contribution in [0.15, 0.2) is 66.9 Å². The van der Waals surface area contributed by atoms with Crippen LogP contribution >= 0.6 is 0 Å². The molecular formula is C20H16FN3O3. The summed E-state index contributed by atoms with van der Waals surface area (Å²) < 4.78 is 17.5. The number of methoxy groups -OCH3 is 1. The molecule has 0 unspecified atom stereocenters. The van der Waals surface area contributed by atoms with Crippen LogP contribution in [-0.2, 0) is 4.74 Å². The molecule has 0 radical (unpaired) electrons. The molecule has 0 atom stereocenters. The maximum atomic E-state index is 12.9. The van der Waals surface area contributed by atoms with Crippen molar-refractivity contribution in [2.75, 3.05) is 17.7 Å². The number of ether oxygens (including phenoxy) is 1. The van der Waals surface area contributed by atoms with Gasteiger partial charge in [0.05, 0.1) is 18.2 Å². The topological polar surface area (TPSA) is 80.3 Å². The first-order valence-corrected chi connectivity index (χ1v) is 8.03. The monoisotopic (exact) mass is 365 g/mol. The van der Waals surface area contributed by atoms with Crippen LogP contribution in [0.2, 0.25) is 0 Å². The minimum absolute atomic E-state index is 0.319. The number of hydrogen-bond acceptors (Lipinski definition) is 5. The van der Waals surface area contributed by atoms with E-state index in [1.165, 1.54) is 25.4 Å². The van der Waals surface area contributed by atoms with Crippen molar-refractivity contribution in [3.63, 3.8) is 0 Å². The Labute approximate surface area is 155 Å². The lowest BCUT2D eigenvalue weighted by Gasteiger charge is -2.08. The molecule has 1 amide bonds. The van der Waals surface area contributed by atoms with Gasteiger partial charge in [0.1, 0.15) is 11.6 Å². The average Bonchev–Trinajstić information content (AvgIpc) is 2.70. The molecule has 1 heterocycles. The van der Waals surface area contributed by atoms with Crippen LogP contribution in [0.4, 0.5) is 21.6 Å². The highest BCUT2D eigenvalue weighted by molar-refractivity contribution is 6.04. The van der Waals surface area contributed by atoms with Crippen LogP contribution < -0.4 is 10.6 Å². The van der Waals surface area contributed by atoms with Gasteiger partial charge in [-0.25, -0.2) is 14.2 Å². The molecule has 0 saturated carbocycles. The average molecular weight is 365 g/mol. The molecule has 0 bridgehead atoms. The molecule has 7 heteroatoms. The number of nitrogens with one attached hydrogen (secondary N) is 2. The summed E-state index contributed by atoms with van der Waals surface area (Å²) in [6.45, 7) is 0. The van der Waals surface area contributed by atoms with Crippen LogP contribution in [0.5, 0.6) is 0 Å². The lowest BCUT2D eigenvalue weighted by Crippen LogP contribution is -2.12. The number of amides is 1. The number of anilines is 3. The number of benzene rings is 2. The quantitative estimate of drug-likeness (QED) is 0.668. The third-order valence-corrected chi connectivity index (χ3v) is 3.71. The van der Waals surface area contributed by atoms with Crippen LogP contribution in [0.3, 0.4) is 0 Å². The minimum Gasteiger partial charge on any atom is -0.465 e. The lowest BCUT2D eigenvalue weighted by atomic mass is 10.2. The van der Waals surface area contributed by atoms with Crippen LogP contribution in [0.25, 0.3) is 0 Å². The highest BCUT2D eigenvalue weighted by Crippen LogP contribution is 2.16. The standard InChI is InChI=1S/C20H16FN3O3/c1-27-20(26)13-2-7-17(8-3-13)24-19(25)14-4-11-18(22-12-14)23-16-9-5-15(21)6-10-16/h2-12H,1H3,(H,22,23)(H,24,25). The van der Waals surface area contributed by atoms with Crippen molar-refractivity contribution in [2.24, 2.45) is 0 Å². The largest absolute Gasteiger partial charge is 0.465 e. The fourth-order valence-corrected chi connectivity index (χ4v) is 2.29. The molecule has 1 aromatic heterocycles. The third kappa shape index (κ3) is 4.66. The molecule has 3 aromatic rings. The summed E-state index contributed by atoms with van der Waals surface area (Å²) in [6.07, 6.45) is 1.43. The maximum Gasteiger partial charge on any atom is 0.337 e. The highest BCUT2D eigenvalue weighted by atomic mass is 19.1. The molecule has 27 heavy (non-hydrogen) atoms. The number of esters is 1. The Morgan fingerprint density at radius 3 is 2.11 bits per heavy atom. The molecule has 0 saturated heterocycles. The molecule has 0 spiro atoms. The van der Waals surface area contributed by atoms with E-state index in [-0.39, 0.29) is 11.7 Å². The fourth-order valence-electron chi connectivity index (χ4n) is 2.29. The van der Waals surface area contributed by atoms with E-state index in [4.69, 9.17) is 0 Å². The maximum absolute atomic E-state index is 12.9. The van der Waals surface area contributed by atoms with Gasteiger partial charge in [0, 0.05) is 17.6 Å². The van der Waals surface area contributed by atoms with Gasteiger partial charge in [-0.3, -0.25) is 4.79 Å². The van der Waals surface area contributed by atoms with Gasteiger partial charge in [0.25, 0.3) is 5.91 Å². The number of nitrogens with zero attached hydrogens (tertiary/aromatic N) is 1. The fraction of sp³-hybridized carbons (Fsp3) is 0.0500. The summed E-state index contributed by atoms with van der Waals surface area (Å²) >= 11 is 0. The number of carbonyl (C=O) groups excluding carboxylic acids is 2. The van der Waals surface area contributed by atoms with Crippen molar-refractivity contribution in [2.45, 2.75) is 0 Å². The van der Waals surface area contributed by atoms with Gasteiger partial charge >= 0.3 is 5.97 Å².